The van der Waals surface area contributed by atoms with E-state index in [0.717, 1.165) is 95.3 Å². The third-order valence-corrected chi connectivity index (χ3v) is 20.8. The summed E-state index contributed by atoms with van der Waals surface area (Å²) in [5.74, 6) is 0. The van der Waals surface area contributed by atoms with Gasteiger partial charge in [0.1, 0.15) is 0 Å². The number of hydrogen-bond acceptors (Lipinski definition) is 2. The van der Waals surface area contributed by atoms with Crippen LogP contribution in [0.15, 0.2) is 261 Å². The summed E-state index contributed by atoms with van der Waals surface area (Å²) < 4.78 is 19.8. The first-order valence-electron chi connectivity index (χ1n) is 36.7. The number of rotatable bonds is 9. The smallest absolute Gasteiger partial charge is 0.252 e. The summed E-state index contributed by atoms with van der Waals surface area (Å²) in [4.78, 5) is 5.26. The molecule has 2 aliphatic heterocycles. The molecule has 0 atom stereocenters. The van der Waals surface area contributed by atoms with Crippen molar-refractivity contribution < 1.29 is 2.74 Å². The molecule has 0 fully saturated rings. The predicted octanol–water partition coefficient (Wildman–Crippen LogP) is 25.2. The van der Waals surface area contributed by atoms with E-state index in [2.05, 4.69) is 383 Å². The van der Waals surface area contributed by atoms with Crippen molar-refractivity contribution in [1.82, 2.24) is 0 Å². The van der Waals surface area contributed by atoms with Gasteiger partial charge in [0, 0.05) is 45.0 Å². The normalized spacial score (nSPS) is 13.6. The van der Waals surface area contributed by atoms with E-state index in [4.69, 9.17) is 0 Å². The van der Waals surface area contributed by atoms with E-state index in [0.29, 0.717) is 12.1 Å². The molecule has 2 heterocycles. The first-order valence-corrected chi connectivity index (χ1v) is 35.7. The van der Waals surface area contributed by atoms with Gasteiger partial charge in [-0.15, -0.1) is 0 Å². The van der Waals surface area contributed by atoms with E-state index in [1.165, 1.54) is 66.5 Å². The lowest BCUT2D eigenvalue weighted by molar-refractivity contribution is 0.568. The standard InChI is InChI=1S/C96H97BN2/c1-91(2,3)71-47-48-76(81(61-71)96(16,17)18)70-57-86-88-87(58-70)99(90-79(64-37-27-21-28-38-64)43-32-44-80(90)65-39-29-22-30-40-65)85-56-67(69-53-74(94(10,11)12)60-75(54-69)95(13,14)15)46-50-83(85)97(88)82-49-45-66(68-51-72(92(4,5)6)59-73(52-68)93(7,8)9)55-84(82)98(86)89-77(62-33-23-19-24-34-62)41-31-42-78(89)63-35-25-20-26-36-63/h19-61H,1-18H3/i31D,32D. The van der Waals surface area contributed by atoms with Crippen LogP contribution in [-0.2, 0) is 32.5 Å². The Bertz CT molecular complexity index is 4710. The zero-order valence-electron chi connectivity index (χ0n) is 63.6. The fourth-order valence-electron chi connectivity index (χ4n) is 15.0. The number of hydrogen-bond donors (Lipinski definition) is 0. The van der Waals surface area contributed by atoms with Gasteiger partial charge in [0.15, 0.2) is 0 Å². The van der Waals surface area contributed by atoms with Gasteiger partial charge in [0.05, 0.1) is 14.1 Å². The molecule has 0 radical (unpaired) electrons. The summed E-state index contributed by atoms with van der Waals surface area (Å²) >= 11 is 0. The van der Waals surface area contributed by atoms with Crippen molar-refractivity contribution in [2.24, 2.45) is 0 Å². The van der Waals surface area contributed by atoms with Crippen LogP contribution in [0.4, 0.5) is 34.1 Å². The lowest BCUT2D eigenvalue weighted by Crippen LogP contribution is -2.61. The molecule has 0 saturated carbocycles. The van der Waals surface area contributed by atoms with Crippen LogP contribution in [0.1, 0.15) is 161 Å². The number of para-hydroxylation sites is 2. The van der Waals surface area contributed by atoms with E-state index in [1.807, 2.05) is 0 Å². The minimum atomic E-state index is -0.288. The lowest BCUT2D eigenvalue weighted by Gasteiger charge is -2.46. The van der Waals surface area contributed by atoms with Gasteiger partial charge in [-0.1, -0.05) is 361 Å². The molecule has 0 aliphatic carbocycles. The number of nitrogens with zero attached hydrogens (tertiary/aromatic N) is 2. The van der Waals surface area contributed by atoms with Crippen LogP contribution >= 0.6 is 0 Å². The van der Waals surface area contributed by atoms with Crippen molar-refractivity contribution in [2.75, 3.05) is 9.80 Å². The molecule has 0 bridgehead atoms. The van der Waals surface area contributed by atoms with E-state index in [-0.39, 0.29) is 39.2 Å². The second-order valence-corrected chi connectivity index (χ2v) is 34.2. The lowest BCUT2D eigenvalue weighted by atomic mass is 9.33. The minimum Gasteiger partial charge on any atom is -0.310 e. The number of anilines is 6. The number of fused-ring (bicyclic) bond motifs is 4. The SMILES string of the molecule is [2H]c1cc(-c2ccccc2)c(N2c3cc(-c4cc(C(C)(C)C)cc(C(C)(C)C)c4)ccc3B3c4ccc(-c5cc(C(C)(C)C)cc(C(C)(C)C)c5)cc4N(c4c(-c5ccccc5)cc([2H])cc4-c4ccccc4)c4cc(-c5ccc(C(C)(C)C)cc5C(C)(C)C)cc2c43)c(-c2ccccc2)c1. The van der Waals surface area contributed by atoms with Crippen molar-refractivity contribution in [1.29, 1.82) is 0 Å². The molecule has 0 saturated heterocycles. The highest BCUT2D eigenvalue weighted by atomic mass is 15.2. The average Bonchev–Trinajstić information content (AvgIpc) is 0.686. The second-order valence-electron chi connectivity index (χ2n) is 34.2. The molecule has 0 unspecified atom stereocenters. The summed E-state index contributed by atoms with van der Waals surface area (Å²) in [6.45, 7) is 41.8. The maximum Gasteiger partial charge on any atom is 0.252 e. The molecule has 12 aromatic rings. The zero-order chi connectivity index (χ0) is 71.6. The Morgan fingerprint density at radius 3 is 0.859 bits per heavy atom. The Balaban J connectivity index is 1.22. The van der Waals surface area contributed by atoms with Crippen molar-refractivity contribution in [3.05, 3.63) is 294 Å². The quantitative estimate of drug-likeness (QED) is 0.133. The van der Waals surface area contributed by atoms with Gasteiger partial charge < -0.3 is 9.80 Å². The maximum absolute atomic E-state index is 9.88. The highest BCUT2D eigenvalue weighted by Crippen LogP contribution is 2.55. The summed E-state index contributed by atoms with van der Waals surface area (Å²) in [6.07, 6.45) is 0. The van der Waals surface area contributed by atoms with Gasteiger partial charge in [-0.25, -0.2) is 0 Å². The van der Waals surface area contributed by atoms with Crippen LogP contribution in [0.3, 0.4) is 0 Å². The number of benzene rings is 12. The molecule has 494 valence electrons. The molecule has 99 heavy (non-hydrogen) atoms. The predicted molar refractivity (Wildman–Crippen MR) is 431 cm³/mol. The van der Waals surface area contributed by atoms with Crippen LogP contribution < -0.4 is 26.2 Å². The van der Waals surface area contributed by atoms with Crippen molar-refractivity contribution in [3.63, 3.8) is 0 Å². The largest absolute Gasteiger partial charge is 0.310 e. The summed E-state index contributed by atoms with van der Waals surface area (Å²) in [6, 6.07) is 94.1. The van der Waals surface area contributed by atoms with E-state index in [9.17, 15) is 2.74 Å². The fourth-order valence-corrected chi connectivity index (χ4v) is 15.0. The van der Waals surface area contributed by atoms with Crippen molar-refractivity contribution in [2.45, 2.75) is 157 Å². The Morgan fingerprint density at radius 2 is 0.556 bits per heavy atom. The molecular weight excluding hydrogens is 1190 g/mol. The van der Waals surface area contributed by atoms with Gasteiger partial charge in [-0.05, 0) is 162 Å². The van der Waals surface area contributed by atoms with Crippen molar-refractivity contribution >= 4 is 57.2 Å². The zero-order valence-corrected chi connectivity index (χ0v) is 61.6. The molecular formula is C96H97BN2. The molecule has 2 aliphatic rings. The van der Waals surface area contributed by atoms with E-state index >= 15 is 0 Å². The summed E-state index contributed by atoms with van der Waals surface area (Å²) in [7, 11) is 0. The molecule has 2 nitrogen and oxygen atoms in total. The van der Waals surface area contributed by atoms with Crippen molar-refractivity contribution in [3.8, 4) is 77.9 Å². The van der Waals surface area contributed by atoms with Gasteiger partial charge >= 0.3 is 0 Å². The summed E-state index contributed by atoms with van der Waals surface area (Å²) in [5, 5.41) is 0. The van der Waals surface area contributed by atoms with E-state index in [1.54, 1.807) is 0 Å². The highest BCUT2D eigenvalue weighted by Gasteiger charge is 2.46. The molecule has 0 amide bonds. The molecule has 3 heteroatoms. The molecule has 14 rings (SSSR count). The second kappa shape index (κ2) is 24.6. The molecule has 0 spiro atoms. The highest BCUT2D eigenvalue weighted by molar-refractivity contribution is 7.00. The van der Waals surface area contributed by atoms with E-state index < -0.39 is 0 Å². The topological polar surface area (TPSA) is 6.48 Å². The van der Waals surface area contributed by atoms with Gasteiger partial charge in [-0.3, -0.25) is 0 Å². The van der Waals surface area contributed by atoms with Crippen LogP contribution in [0, 0.1) is 0 Å². The Labute approximate surface area is 595 Å². The minimum absolute atomic E-state index is 0.110. The molecule has 0 N–H and O–H groups in total. The fraction of sp³-hybridized carbons (Fsp3) is 0.250. The third kappa shape index (κ3) is 12.5. The first kappa shape index (κ1) is 64.0. The van der Waals surface area contributed by atoms with Crippen LogP contribution in [0.25, 0.3) is 77.9 Å². The maximum atomic E-state index is 9.88. The van der Waals surface area contributed by atoms with Gasteiger partial charge in [-0.2, -0.15) is 0 Å². The van der Waals surface area contributed by atoms with Gasteiger partial charge in [0.2, 0.25) is 0 Å². The third-order valence-electron chi connectivity index (χ3n) is 20.8. The first-order chi connectivity index (χ1) is 47.7. The van der Waals surface area contributed by atoms with Gasteiger partial charge in [0.25, 0.3) is 6.71 Å². The molecule has 12 aromatic carbocycles. The van der Waals surface area contributed by atoms with Crippen LogP contribution in [0.5, 0.6) is 0 Å². The van der Waals surface area contributed by atoms with Crippen LogP contribution in [-0.4, -0.2) is 6.71 Å². The Hall–Kier alpha value is -9.70. The average molecular weight is 1290 g/mol. The molecule has 0 aromatic heterocycles. The Morgan fingerprint density at radius 1 is 0.242 bits per heavy atom. The monoisotopic (exact) mass is 1290 g/mol. The Kier molecular flexibility index (Phi) is 15.9. The summed E-state index contributed by atoms with van der Waals surface area (Å²) in [5.41, 5.74) is 31.6. The van der Waals surface area contributed by atoms with Crippen LogP contribution in [0.2, 0.25) is 0 Å².